The highest BCUT2D eigenvalue weighted by Gasteiger charge is 2.09. The molecule has 1 heterocycles. The van der Waals surface area contributed by atoms with E-state index in [0.717, 1.165) is 6.42 Å². The smallest absolute Gasteiger partial charge is 0.243 e. The molecule has 0 fully saturated rings. The van der Waals surface area contributed by atoms with Crippen LogP contribution in [0.2, 0.25) is 0 Å². The monoisotopic (exact) mass is 321 g/mol. The van der Waals surface area contributed by atoms with Crippen LogP contribution >= 0.6 is 0 Å². The Balaban J connectivity index is 1.77. The first-order chi connectivity index (χ1) is 11.0. The summed E-state index contributed by atoms with van der Waals surface area (Å²) in [5.74, 6) is -0.178. The van der Waals surface area contributed by atoms with Crippen molar-refractivity contribution in [3.8, 4) is 11.4 Å². The second kappa shape index (κ2) is 8.33. The van der Waals surface area contributed by atoms with Gasteiger partial charge in [-0.1, -0.05) is 0 Å². The van der Waals surface area contributed by atoms with Crippen LogP contribution in [0.1, 0.15) is 20.3 Å². The molecule has 0 spiro atoms. The number of aromatic nitrogens is 4. The highest BCUT2D eigenvalue weighted by molar-refractivity contribution is 5.75. The highest BCUT2D eigenvalue weighted by Crippen LogP contribution is 2.13. The molecule has 1 aromatic carbocycles. The molecule has 0 bridgehead atoms. The molecule has 0 radical (unpaired) electrons. The van der Waals surface area contributed by atoms with E-state index >= 15 is 0 Å². The van der Waals surface area contributed by atoms with Crippen LogP contribution in [-0.2, 0) is 16.1 Å². The minimum absolute atomic E-state index is 0.0147. The fourth-order valence-electron chi connectivity index (χ4n) is 1.83. The van der Waals surface area contributed by atoms with Crippen LogP contribution in [0.25, 0.3) is 11.4 Å². The molecule has 1 aromatic heterocycles. The molecule has 0 saturated heterocycles. The van der Waals surface area contributed by atoms with Gasteiger partial charge in [0.2, 0.25) is 11.7 Å². The summed E-state index contributed by atoms with van der Waals surface area (Å²) in [4.78, 5) is 13.0. The maximum Gasteiger partial charge on any atom is 0.243 e. The number of tetrazole rings is 1. The molecular formula is C15H20FN5O2. The van der Waals surface area contributed by atoms with E-state index in [-0.39, 0.29) is 24.4 Å². The Morgan fingerprint density at radius 1 is 1.35 bits per heavy atom. The van der Waals surface area contributed by atoms with E-state index in [1.54, 1.807) is 12.1 Å². The Kier molecular flexibility index (Phi) is 6.16. The van der Waals surface area contributed by atoms with Crippen LogP contribution in [0.4, 0.5) is 4.39 Å². The fourth-order valence-corrected chi connectivity index (χ4v) is 1.83. The summed E-state index contributed by atoms with van der Waals surface area (Å²) in [5, 5.41) is 14.5. The molecule has 0 atom stereocenters. The zero-order valence-electron chi connectivity index (χ0n) is 13.2. The molecule has 2 rings (SSSR count). The van der Waals surface area contributed by atoms with E-state index in [0.29, 0.717) is 24.5 Å². The van der Waals surface area contributed by atoms with Crippen molar-refractivity contribution >= 4 is 5.91 Å². The topological polar surface area (TPSA) is 81.9 Å². The van der Waals surface area contributed by atoms with Gasteiger partial charge in [-0.25, -0.2) is 4.39 Å². The molecule has 0 aliphatic carbocycles. The van der Waals surface area contributed by atoms with Gasteiger partial charge in [-0.15, -0.1) is 10.2 Å². The van der Waals surface area contributed by atoms with Crippen molar-refractivity contribution in [1.82, 2.24) is 25.5 Å². The van der Waals surface area contributed by atoms with Gasteiger partial charge in [0.25, 0.3) is 0 Å². The van der Waals surface area contributed by atoms with Crippen molar-refractivity contribution in [2.75, 3.05) is 13.2 Å². The molecule has 1 amide bonds. The SMILES string of the molecule is CC(C)OCCCNC(=O)Cn1nnc(-c2ccc(F)cc2)n1. The number of nitrogens with zero attached hydrogens (tertiary/aromatic N) is 4. The Labute approximate surface area is 133 Å². The number of halogens is 1. The van der Waals surface area contributed by atoms with Crippen LogP contribution < -0.4 is 5.32 Å². The third kappa shape index (κ3) is 5.74. The van der Waals surface area contributed by atoms with Gasteiger partial charge in [0, 0.05) is 18.7 Å². The van der Waals surface area contributed by atoms with Gasteiger partial charge >= 0.3 is 0 Å². The van der Waals surface area contributed by atoms with Crippen molar-refractivity contribution in [1.29, 1.82) is 0 Å². The van der Waals surface area contributed by atoms with Gasteiger partial charge < -0.3 is 10.1 Å². The van der Waals surface area contributed by atoms with E-state index in [9.17, 15) is 9.18 Å². The number of carbonyl (C=O) groups is 1. The van der Waals surface area contributed by atoms with Crippen LogP contribution in [-0.4, -0.2) is 45.4 Å². The number of hydrogen-bond donors (Lipinski definition) is 1. The molecule has 0 aliphatic rings. The lowest BCUT2D eigenvalue weighted by Gasteiger charge is -2.07. The minimum Gasteiger partial charge on any atom is -0.379 e. The number of benzene rings is 1. The number of ether oxygens (including phenoxy) is 1. The van der Waals surface area contributed by atoms with Crippen molar-refractivity contribution in [2.45, 2.75) is 32.9 Å². The molecule has 7 nitrogen and oxygen atoms in total. The lowest BCUT2D eigenvalue weighted by Crippen LogP contribution is -2.30. The predicted molar refractivity (Wildman–Crippen MR) is 81.9 cm³/mol. The van der Waals surface area contributed by atoms with Crippen molar-refractivity contribution in [2.24, 2.45) is 0 Å². The van der Waals surface area contributed by atoms with Crippen molar-refractivity contribution < 1.29 is 13.9 Å². The zero-order chi connectivity index (χ0) is 16.7. The summed E-state index contributed by atoms with van der Waals surface area (Å²) in [6.07, 6.45) is 0.935. The summed E-state index contributed by atoms with van der Waals surface area (Å²) in [6, 6.07) is 5.76. The first-order valence-corrected chi connectivity index (χ1v) is 7.46. The summed E-state index contributed by atoms with van der Waals surface area (Å²) < 4.78 is 18.3. The lowest BCUT2D eigenvalue weighted by molar-refractivity contribution is -0.122. The maximum atomic E-state index is 12.9. The van der Waals surface area contributed by atoms with Gasteiger partial charge in [-0.3, -0.25) is 4.79 Å². The average Bonchev–Trinajstić information content (AvgIpc) is 2.95. The van der Waals surface area contributed by atoms with Gasteiger partial charge in [0.15, 0.2) is 0 Å². The summed E-state index contributed by atoms with van der Waals surface area (Å²) in [6.45, 7) is 5.06. The molecule has 2 aromatic rings. The van der Waals surface area contributed by atoms with E-state index in [2.05, 4.69) is 20.7 Å². The van der Waals surface area contributed by atoms with Gasteiger partial charge in [-0.05, 0) is 49.7 Å². The first kappa shape index (κ1) is 17.0. The van der Waals surface area contributed by atoms with Gasteiger partial charge in [0.1, 0.15) is 12.4 Å². The minimum atomic E-state index is -0.332. The fraction of sp³-hybridized carbons (Fsp3) is 0.467. The molecule has 0 unspecified atom stereocenters. The maximum absolute atomic E-state index is 12.9. The second-order valence-corrected chi connectivity index (χ2v) is 5.27. The summed E-state index contributed by atoms with van der Waals surface area (Å²) in [5.41, 5.74) is 0.642. The number of amides is 1. The second-order valence-electron chi connectivity index (χ2n) is 5.27. The molecule has 8 heteroatoms. The number of carbonyl (C=O) groups excluding carboxylic acids is 1. The Morgan fingerprint density at radius 3 is 2.78 bits per heavy atom. The van der Waals surface area contributed by atoms with Crippen LogP contribution in [0.3, 0.4) is 0 Å². The quantitative estimate of drug-likeness (QED) is 0.743. The standard InChI is InChI=1S/C15H20FN5O2/c1-11(2)23-9-3-8-17-14(22)10-21-19-15(18-20-21)12-4-6-13(16)7-5-12/h4-7,11H,3,8-10H2,1-2H3,(H,17,22). The molecule has 0 saturated carbocycles. The highest BCUT2D eigenvalue weighted by atomic mass is 19.1. The Hall–Kier alpha value is -2.35. The van der Waals surface area contributed by atoms with E-state index < -0.39 is 0 Å². The average molecular weight is 321 g/mol. The first-order valence-electron chi connectivity index (χ1n) is 7.46. The van der Waals surface area contributed by atoms with Gasteiger partial charge in [-0.2, -0.15) is 4.80 Å². The van der Waals surface area contributed by atoms with Crippen LogP contribution in [0, 0.1) is 5.82 Å². The van der Waals surface area contributed by atoms with Crippen LogP contribution in [0.5, 0.6) is 0 Å². The molecule has 124 valence electrons. The largest absolute Gasteiger partial charge is 0.379 e. The number of rotatable bonds is 8. The number of hydrogen-bond acceptors (Lipinski definition) is 5. The predicted octanol–water partition coefficient (Wildman–Crippen LogP) is 1.41. The summed E-state index contributed by atoms with van der Waals surface area (Å²) >= 11 is 0. The summed E-state index contributed by atoms with van der Waals surface area (Å²) in [7, 11) is 0. The van der Waals surface area contributed by atoms with E-state index in [4.69, 9.17) is 4.74 Å². The van der Waals surface area contributed by atoms with Crippen molar-refractivity contribution in [3.05, 3.63) is 30.1 Å². The van der Waals surface area contributed by atoms with Crippen LogP contribution in [0.15, 0.2) is 24.3 Å². The third-order valence-electron chi connectivity index (χ3n) is 2.93. The van der Waals surface area contributed by atoms with Crippen molar-refractivity contribution in [3.63, 3.8) is 0 Å². The van der Waals surface area contributed by atoms with E-state index in [1.807, 2.05) is 13.8 Å². The number of nitrogens with one attached hydrogen (secondary N) is 1. The normalized spacial score (nSPS) is 11.0. The van der Waals surface area contributed by atoms with E-state index in [1.165, 1.54) is 16.9 Å². The molecule has 1 N–H and O–H groups in total. The van der Waals surface area contributed by atoms with Gasteiger partial charge in [0.05, 0.1) is 6.10 Å². The third-order valence-corrected chi connectivity index (χ3v) is 2.93. The Morgan fingerprint density at radius 2 is 2.09 bits per heavy atom. The Bertz CT molecular complexity index is 627. The lowest BCUT2D eigenvalue weighted by atomic mass is 10.2. The molecule has 23 heavy (non-hydrogen) atoms. The molecular weight excluding hydrogens is 301 g/mol. The molecule has 0 aliphatic heterocycles. The zero-order valence-corrected chi connectivity index (χ0v) is 13.2.